The number of halogens is 2. The standard InChI is InChI=1S/C26H17F2N3O3/c27-16-7-9-22-15(11-16)13-23(34-22)24-25(30-20-12-14(26(32)33)6-8-19(20)29-24)31-10-2-3-17-18(28)4-1-5-21(17)31/h1,4-9,11-13H,2-3,10H2,(H,32,33). The minimum absolute atomic E-state index is 0.0878. The summed E-state index contributed by atoms with van der Waals surface area (Å²) in [5.74, 6) is -0.938. The number of hydrogen-bond acceptors (Lipinski definition) is 5. The summed E-state index contributed by atoms with van der Waals surface area (Å²) in [7, 11) is 0. The number of fused-ring (bicyclic) bond motifs is 3. The van der Waals surface area contributed by atoms with Crippen LogP contribution in [0.4, 0.5) is 20.3 Å². The minimum atomic E-state index is -1.07. The van der Waals surface area contributed by atoms with Crippen molar-refractivity contribution in [2.45, 2.75) is 12.8 Å². The molecular formula is C26H17F2N3O3. The molecule has 0 bridgehead atoms. The van der Waals surface area contributed by atoms with Crippen molar-refractivity contribution in [3.05, 3.63) is 83.4 Å². The van der Waals surface area contributed by atoms with E-state index in [2.05, 4.69) is 0 Å². The fourth-order valence-corrected chi connectivity index (χ4v) is 4.46. The Bertz CT molecular complexity index is 1610. The van der Waals surface area contributed by atoms with E-state index in [4.69, 9.17) is 14.4 Å². The Balaban J connectivity index is 1.62. The number of furan rings is 1. The second kappa shape index (κ2) is 7.62. The van der Waals surface area contributed by atoms with Crippen LogP contribution >= 0.6 is 0 Å². The molecule has 5 aromatic rings. The smallest absolute Gasteiger partial charge is 0.335 e. The summed E-state index contributed by atoms with van der Waals surface area (Å²) in [5.41, 5.74) is 3.13. The predicted molar refractivity (Wildman–Crippen MR) is 123 cm³/mol. The third kappa shape index (κ3) is 3.26. The van der Waals surface area contributed by atoms with Crippen LogP contribution in [0, 0.1) is 11.6 Å². The van der Waals surface area contributed by atoms with Gasteiger partial charge >= 0.3 is 5.97 Å². The van der Waals surface area contributed by atoms with Crippen molar-refractivity contribution >= 4 is 39.5 Å². The lowest BCUT2D eigenvalue weighted by molar-refractivity contribution is 0.0697. The minimum Gasteiger partial charge on any atom is -0.478 e. The molecule has 0 radical (unpaired) electrons. The van der Waals surface area contributed by atoms with Crippen molar-refractivity contribution in [2.75, 3.05) is 11.4 Å². The van der Waals surface area contributed by atoms with Crippen molar-refractivity contribution < 1.29 is 23.1 Å². The Morgan fingerprint density at radius 1 is 1.00 bits per heavy atom. The fourth-order valence-electron chi connectivity index (χ4n) is 4.46. The van der Waals surface area contributed by atoms with Crippen molar-refractivity contribution in [1.29, 1.82) is 0 Å². The predicted octanol–water partition coefficient (Wildman–Crippen LogP) is 6.10. The Kier molecular flexibility index (Phi) is 4.55. The Morgan fingerprint density at radius 2 is 1.88 bits per heavy atom. The Hall–Kier alpha value is -4.33. The average Bonchev–Trinajstić information content (AvgIpc) is 3.26. The van der Waals surface area contributed by atoms with Gasteiger partial charge in [-0.2, -0.15) is 0 Å². The molecule has 8 heteroatoms. The number of nitrogens with zero attached hydrogens (tertiary/aromatic N) is 3. The van der Waals surface area contributed by atoms with Gasteiger partial charge in [0.25, 0.3) is 0 Å². The molecule has 0 saturated heterocycles. The summed E-state index contributed by atoms with van der Waals surface area (Å²) in [6, 6.07) is 15.4. The lowest BCUT2D eigenvalue weighted by atomic mass is 10.0. The van der Waals surface area contributed by atoms with Gasteiger partial charge in [0.1, 0.15) is 22.9 Å². The number of carboxylic acid groups (broad SMARTS) is 1. The van der Waals surface area contributed by atoms with Crippen LogP contribution in [0.5, 0.6) is 0 Å². The molecule has 1 aliphatic heterocycles. The SMILES string of the molecule is O=C(O)c1ccc2nc(-c3cc4cc(F)ccc4o3)c(N3CCCc4c(F)cccc43)nc2c1. The monoisotopic (exact) mass is 457 g/mol. The molecule has 0 fully saturated rings. The highest BCUT2D eigenvalue weighted by Crippen LogP contribution is 2.40. The number of aromatic nitrogens is 2. The molecule has 1 aliphatic rings. The average molecular weight is 457 g/mol. The van der Waals surface area contributed by atoms with E-state index < -0.39 is 5.97 Å². The molecule has 0 unspecified atom stereocenters. The van der Waals surface area contributed by atoms with Gasteiger partial charge in [0.15, 0.2) is 11.6 Å². The second-order valence-electron chi connectivity index (χ2n) is 8.19. The van der Waals surface area contributed by atoms with Crippen LogP contribution in [-0.4, -0.2) is 27.6 Å². The molecule has 0 spiro atoms. The molecule has 0 amide bonds. The van der Waals surface area contributed by atoms with Crippen LogP contribution in [0.2, 0.25) is 0 Å². The van der Waals surface area contributed by atoms with Gasteiger partial charge < -0.3 is 14.4 Å². The van der Waals surface area contributed by atoms with E-state index in [1.807, 2.05) is 11.0 Å². The molecule has 0 atom stereocenters. The third-order valence-electron chi connectivity index (χ3n) is 6.05. The summed E-state index contributed by atoms with van der Waals surface area (Å²) in [4.78, 5) is 22.9. The zero-order valence-electron chi connectivity index (χ0n) is 17.8. The number of carbonyl (C=O) groups is 1. The van der Waals surface area contributed by atoms with Crippen LogP contribution in [0.25, 0.3) is 33.5 Å². The third-order valence-corrected chi connectivity index (χ3v) is 6.05. The maximum absolute atomic E-state index is 14.6. The van der Waals surface area contributed by atoms with Crippen molar-refractivity contribution in [3.63, 3.8) is 0 Å². The molecule has 6 rings (SSSR count). The molecule has 2 aromatic heterocycles. The maximum Gasteiger partial charge on any atom is 0.335 e. The van der Waals surface area contributed by atoms with Crippen LogP contribution in [0.15, 0.2) is 65.1 Å². The summed E-state index contributed by atoms with van der Waals surface area (Å²) in [5, 5.41) is 9.99. The van der Waals surface area contributed by atoms with E-state index in [0.29, 0.717) is 69.9 Å². The first-order valence-electron chi connectivity index (χ1n) is 10.8. The Morgan fingerprint density at radius 3 is 2.74 bits per heavy atom. The first kappa shape index (κ1) is 20.3. The summed E-state index contributed by atoms with van der Waals surface area (Å²) < 4.78 is 34.3. The van der Waals surface area contributed by atoms with Gasteiger partial charge in [-0.1, -0.05) is 6.07 Å². The van der Waals surface area contributed by atoms with Gasteiger partial charge in [0.2, 0.25) is 0 Å². The molecule has 0 saturated carbocycles. The highest BCUT2D eigenvalue weighted by atomic mass is 19.1. The highest BCUT2D eigenvalue weighted by Gasteiger charge is 2.27. The Labute approximate surface area is 192 Å². The molecule has 168 valence electrons. The van der Waals surface area contributed by atoms with Gasteiger partial charge in [-0.25, -0.2) is 23.5 Å². The van der Waals surface area contributed by atoms with Crippen molar-refractivity contribution in [1.82, 2.24) is 9.97 Å². The molecule has 0 aliphatic carbocycles. The first-order chi connectivity index (χ1) is 16.5. The van der Waals surface area contributed by atoms with Crippen LogP contribution < -0.4 is 4.90 Å². The number of benzene rings is 3. The summed E-state index contributed by atoms with van der Waals surface area (Å²) in [6.07, 6.45) is 1.30. The number of rotatable bonds is 3. The molecular weight excluding hydrogens is 440 g/mol. The zero-order valence-corrected chi connectivity index (χ0v) is 17.8. The summed E-state index contributed by atoms with van der Waals surface area (Å²) in [6.45, 7) is 0.567. The summed E-state index contributed by atoms with van der Waals surface area (Å²) >= 11 is 0. The van der Waals surface area contributed by atoms with E-state index in [1.54, 1.807) is 24.3 Å². The molecule has 6 nitrogen and oxygen atoms in total. The van der Waals surface area contributed by atoms with E-state index in [1.165, 1.54) is 30.3 Å². The van der Waals surface area contributed by atoms with E-state index in [-0.39, 0.29) is 17.2 Å². The largest absolute Gasteiger partial charge is 0.478 e. The van der Waals surface area contributed by atoms with Gasteiger partial charge in [-0.15, -0.1) is 0 Å². The van der Waals surface area contributed by atoms with Crippen molar-refractivity contribution in [2.24, 2.45) is 0 Å². The molecule has 3 heterocycles. The first-order valence-corrected chi connectivity index (χ1v) is 10.8. The van der Waals surface area contributed by atoms with E-state index in [0.717, 1.165) is 0 Å². The lowest BCUT2D eigenvalue weighted by Gasteiger charge is -2.31. The van der Waals surface area contributed by atoms with Gasteiger partial charge in [-0.05, 0) is 67.4 Å². The van der Waals surface area contributed by atoms with Crippen LogP contribution in [0.3, 0.4) is 0 Å². The number of anilines is 2. The topological polar surface area (TPSA) is 79.5 Å². The van der Waals surface area contributed by atoms with Crippen LogP contribution in [0.1, 0.15) is 22.3 Å². The fraction of sp³-hybridized carbons (Fsp3) is 0.115. The lowest BCUT2D eigenvalue weighted by Crippen LogP contribution is -2.27. The van der Waals surface area contributed by atoms with E-state index >= 15 is 0 Å². The number of hydrogen-bond donors (Lipinski definition) is 1. The van der Waals surface area contributed by atoms with E-state index in [9.17, 15) is 18.7 Å². The molecule has 3 aromatic carbocycles. The van der Waals surface area contributed by atoms with Gasteiger partial charge in [0.05, 0.1) is 16.6 Å². The normalized spacial score (nSPS) is 13.4. The second-order valence-corrected chi connectivity index (χ2v) is 8.19. The quantitative estimate of drug-likeness (QED) is 0.352. The maximum atomic E-state index is 14.6. The number of carboxylic acids is 1. The molecule has 1 N–H and O–H groups in total. The van der Waals surface area contributed by atoms with Crippen molar-refractivity contribution in [3.8, 4) is 11.5 Å². The van der Waals surface area contributed by atoms with Crippen LogP contribution in [-0.2, 0) is 6.42 Å². The van der Waals surface area contributed by atoms with Gasteiger partial charge in [0, 0.05) is 23.2 Å². The molecule has 34 heavy (non-hydrogen) atoms. The van der Waals surface area contributed by atoms with Gasteiger partial charge in [-0.3, -0.25) is 0 Å². The zero-order chi connectivity index (χ0) is 23.4. The number of aromatic carboxylic acids is 1. The highest BCUT2D eigenvalue weighted by molar-refractivity contribution is 5.94.